The Balaban J connectivity index is 1.98. The highest BCUT2D eigenvalue weighted by molar-refractivity contribution is 7.18. The summed E-state index contributed by atoms with van der Waals surface area (Å²) in [5, 5.41) is 10.0. The maximum Gasteiger partial charge on any atom is 0.335 e. The number of nitrogens with zero attached hydrogens (tertiary/aromatic N) is 1. The van der Waals surface area contributed by atoms with E-state index in [1.807, 2.05) is 0 Å². The molecule has 1 N–H and O–H groups in total. The van der Waals surface area contributed by atoms with E-state index in [0.29, 0.717) is 18.1 Å². The van der Waals surface area contributed by atoms with Crippen molar-refractivity contribution < 1.29 is 14.6 Å². The Morgan fingerprint density at radius 2 is 2.39 bits per heavy atom. The molecule has 2 aromatic rings. The molecule has 1 aliphatic rings. The van der Waals surface area contributed by atoms with E-state index in [-0.39, 0.29) is 6.10 Å². The molecule has 3 rings (SSSR count). The fraction of sp³-hybridized carbons (Fsp3) is 0.385. The van der Waals surface area contributed by atoms with E-state index in [9.17, 15) is 4.79 Å². The molecule has 5 heteroatoms. The van der Waals surface area contributed by atoms with Crippen molar-refractivity contribution in [3.8, 4) is 0 Å². The normalized spacial score (nSPS) is 23.6. The number of rotatable bonds is 2. The molecule has 1 aromatic carbocycles. The average molecular weight is 263 g/mol. The molecule has 0 bridgehead atoms. The first-order chi connectivity index (χ1) is 8.63. The Morgan fingerprint density at radius 3 is 3.06 bits per heavy atom. The molecule has 2 atom stereocenters. The Labute approximate surface area is 108 Å². The lowest BCUT2D eigenvalue weighted by atomic mass is 10.1. The number of fused-ring (bicyclic) bond motifs is 1. The van der Waals surface area contributed by atoms with Crippen LogP contribution in [0.25, 0.3) is 10.2 Å². The minimum atomic E-state index is -0.898. The lowest BCUT2D eigenvalue weighted by Crippen LogP contribution is -1.96. The molecule has 0 spiro atoms. The summed E-state index contributed by atoms with van der Waals surface area (Å²) >= 11 is 1.57. The van der Waals surface area contributed by atoms with Crippen molar-refractivity contribution in [2.45, 2.75) is 25.4 Å². The summed E-state index contributed by atoms with van der Waals surface area (Å²) in [4.78, 5) is 15.5. The molecule has 1 saturated heterocycles. The highest BCUT2D eigenvalue weighted by atomic mass is 32.1. The minimum Gasteiger partial charge on any atom is -0.478 e. The molecule has 2 heterocycles. The molecule has 0 saturated carbocycles. The first-order valence-corrected chi connectivity index (χ1v) is 6.70. The number of carboxylic acid groups (broad SMARTS) is 1. The van der Waals surface area contributed by atoms with Crippen LogP contribution < -0.4 is 0 Å². The third-order valence-electron chi connectivity index (χ3n) is 3.20. The van der Waals surface area contributed by atoms with Crippen LogP contribution in [0.5, 0.6) is 0 Å². The quantitative estimate of drug-likeness (QED) is 0.905. The van der Waals surface area contributed by atoms with Gasteiger partial charge in [0.25, 0.3) is 0 Å². The number of carboxylic acids is 1. The smallest absolute Gasteiger partial charge is 0.335 e. The van der Waals surface area contributed by atoms with Gasteiger partial charge in [0.1, 0.15) is 0 Å². The van der Waals surface area contributed by atoms with Gasteiger partial charge in [-0.15, -0.1) is 11.3 Å². The van der Waals surface area contributed by atoms with Crippen LogP contribution in [0.3, 0.4) is 0 Å². The average Bonchev–Trinajstić information content (AvgIpc) is 2.93. The first kappa shape index (κ1) is 11.6. The van der Waals surface area contributed by atoms with Crippen molar-refractivity contribution in [3.63, 3.8) is 0 Å². The summed E-state index contributed by atoms with van der Waals surface area (Å²) in [7, 11) is 0. The topological polar surface area (TPSA) is 59.4 Å². The summed E-state index contributed by atoms with van der Waals surface area (Å²) in [5.41, 5.74) is 1.19. The minimum absolute atomic E-state index is 0.289. The van der Waals surface area contributed by atoms with Crippen LogP contribution >= 0.6 is 11.3 Å². The Bertz CT molecular complexity index is 607. The molecule has 4 nitrogen and oxygen atoms in total. The largest absolute Gasteiger partial charge is 0.478 e. The van der Waals surface area contributed by atoms with E-state index in [0.717, 1.165) is 21.6 Å². The Hall–Kier alpha value is -1.46. The number of ether oxygens (including phenoxy) is 1. The SMILES string of the molecule is CC1CC(c2nc3ccc(C(=O)O)cc3s2)CO1. The van der Waals surface area contributed by atoms with Gasteiger partial charge in [0.2, 0.25) is 0 Å². The number of aromatic carboxylic acids is 1. The summed E-state index contributed by atoms with van der Waals surface area (Å²) in [5.74, 6) is -0.546. The van der Waals surface area contributed by atoms with Gasteiger partial charge in [-0.2, -0.15) is 0 Å². The maximum absolute atomic E-state index is 10.9. The predicted octanol–water partition coefficient (Wildman–Crippen LogP) is 2.89. The third kappa shape index (κ3) is 2.00. The standard InChI is InChI=1S/C13H13NO3S/c1-7-4-9(6-17-7)12-14-10-3-2-8(13(15)16)5-11(10)18-12/h2-3,5,7,9H,4,6H2,1H3,(H,15,16). The monoisotopic (exact) mass is 263 g/mol. The van der Waals surface area contributed by atoms with E-state index in [1.54, 1.807) is 29.5 Å². The van der Waals surface area contributed by atoms with Crippen molar-refractivity contribution in [3.05, 3.63) is 28.8 Å². The van der Waals surface area contributed by atoms with Gasteiger partial charge in [-0.1, -0.05) is 0 Å². The van der Waals surface area contributed by atoms with Crippen molar-refractivity contribution in [1.29, 1.82) is 0 Å². The van der Waals surface area contributed by atoms with Gasteiger partial charge in [0.15, 0.2) is 0 Å². The first-order valence-electron chi connectivity index (χ1n) is 5.89. The van der Waals surface area contributed by atoms with Crippen LogP contribution in [0.4, 0.5) is 0 Å². The zero-order chi connectivity index (χ0) is 12.7. The second-order valence-electron chi connectivity index (χ2n) is 4.62. The van der Waals surface area contributed by atoms with E-state index < -0.39 is 5.97 Å². The summed E-state index contributed by atoms with van der Waals surface area (Å²) < 4.78 is 6.49. The maximum atomic E-state index is 10.9. The second kappa shape index (κ2) is 4.33. The van der Waals surface area contributed by atoms with E-state index in [2.05, 4.69) is 11.9 Å². The number of benzene rings is 1. The molecule has 0 amide bonds. The number of carbonyl (C=O) groups is 1. The van der Waals surface area contributed by atoms with Crippen molar-refractivity contribution >= 4 is 27.5 Å². The van der Waals surface area contributed by atoms with Crippen LogP contribution in [0.2, 0.25) is 0 Å². The fourth-order valence-corrected chi connectivity index (χ4v) is 3.34. The molecule has 0 aliphatic carbocycles. The van der Waals surface area contributed by atoms with Crippen LogP contribution in [-0.4, -0.2) is 28.8 Å². The highest BCUT2D eigenvalue weighted by Gasteiger charge is 2.26. The molecular weight excluding hydrogens is 250 g/mol. The summed E-state index contributed by atoms with van der Waals surface area (Å²) in [6.45, 7) is 2.78. The molecule has 1 fully saturated rings. The summed E-state index contributed by atoms with van der Waals surface area (Å²) in [6, 6.07) is 5.07. The number of hydrogen-bond acceptors (Lipinski definition) is 4. The van der Waals surface area contributed by atoms with Crippen molar-refractivity contribution in [1.82, 2.24) is 4.98 Å². The summed E-state index contributed by atoms with van der Waals surface area (Å²) in [6.07, 6.45) is 1.28. The van der Waals surface area contributed by atoms with Crippen LogP contribution in [0, 0.1) is 0 Å². The van der Waals surface area contributed by atoms with Gasteiger partial charge >= 0.3 is 5.97 Å². The lowest BCUT2D eigenvalue weighted by Gasteiger charge is -2.00. The highest BCUT2D eigenvalue weighted by Crippen LogP contribution is 2.34. The molecule has 18 heavy (non-hydrogen) atoms. The predicted molar refractivity (Wildman–Crippen MR) is 69.4 cm³/mol. The number of aromatic nitrogens is 1. The molecule has 2 unspecified atom stereocenters. The van der Waals surface area contributed by atoms with Gasteiger partial charge in [-0.3, -0.25) is 0 Å². The van der Waals surface area contributed by atoms with E-state index >= 15 is 0 Å². The van der Waals surface area contributed by atoms with E-state index in [1.165, 1.54) is 0 Å². The zero-order valence-corrected chi connectivity index (χ0v) is 10.7. The van der Waals surface area contributed by atoms with Crippen LogP contribution in [0.1, 0.15) is 34.6 Å². The van der Waals surface area contributed by atoms with Crippen LogP contribution in [-0.2, 0) is 4.74 Å². The van der Waals surface area contributed by atoms with Gasteiger partial charge in [-0.05, 0) is 31.5 Å². The van der Waals surface area contributed by atoms with Crippen molar-refractivity contribution in [2.75, 3.05) is 6.61 Å². The van der Waals surface area contributed by atoms with Crippen LogP contribution in [0.15, 0.2) is 18.2 Å². The van der Waals surface area contributed by atoms with Crippen molar-refractivity contribution in [2.24, 2.45) is 0 Å². The van der Waals surface area contributed by atoms with E-state index in [4.69, 9.17) is 9.84 Å². The molecular formula is C13H13NO3S. The molecule has 0 radical (unpaired) electrons. The van der Waals surface area contributed by atoms with Gasteiger partial charge in [0, 0.05) is 5.92 Å². The lowest BCUT2D eigenvalue weighted by molar-refractivity contribution is 0.0697. The number of thiazole rings is 1. The zero-order valence-electron chi connectivity index (χ0n) is 9.92. The fourth-order valence-electron chi connectivity index (χ4n) is 2.24. The Kier molecular flexibility index (Phi) is 2.80. The molecule has 1 aromatic heterocycles. The van der Waals surface area contributed by atoms with Gasteiger partial charge < -0.3 is 9.84 Å². The van der Waals surface area contributed by atoms with Gasteiger partial charge in [0.05, 0.1) is 33.5 Å². The third-order valence-corrected chi connectivity index (χ3v) is 4.38. The second-order valence-corrected chi connectivity index (χ2v) is 5.68. The van der Waals surface area contributed by atoms with Gasteiger partial charge in [-0.25, -0.2) is 9.78 Å². The molecule has 94 valence electrons. The Morgan fingerprint density at radius 1 is 1.56 bits per heavy atom. The molecule has 1 aliphatic heterocycles. The number of hydrogen-bond donors (Lipinski definition) is 1.